The first-order valence-corrected chi connectivity index (χ1v) is 8.22. The third-order valence-electron chi connectivity index (χ3n) is 2.80. The molecule has 0 aliphatic carbocycles. The van der Waals surface area contributed by atoms with Crippen LogP contribution in [0.15, 0.2) is 47.4 Å². The van der Waals surface area contributed by atoms with E-state index in [-0.39, 0.29) is 16.6 Å². The predicted molar refractivity (Wildman–Crippen MR) is 83.6 cm³/mol. The fraction of sp³-hybridized carbons (Fsp3) is 0.0769. The van der Waals surface area contributed by atoms with Crippen LogP contribution >= 0.6 is 23.2 Å². The van der Waals surface area contributed by atoms with Crippen molar-refractivity contribution in [3.8, 4) is 0 Å². The Bertz CT molecular complexity index is 810. The van der Waals surface area contributed by atoms with Gasteiger partial charge in [-0.1, -0.05) is 53.5 Å². The largest absolute Gasteiger partial charge is 0.290 e. The normalized spacial score (nSPS) is 11.4. The molecular formula is C13H10Cl2N2O4S. The van der Waals surface area contributed by atoms with Gasteiger partial charge in [0.1, 0.15) is 0 Å². The van der Waals surface area contributed by atoms with Gasteiger partial charge in [-0.05, 0) is 11.6 Å². The minimum absolute atomic E-state index is 0.000569. The van der Waals surface area contributed by atoms with E-state index in [1.807, 2.05) is 0 Å². The second kappa shape index (κ2) is 6.62. The van der Waals surface area contributed by atoms with E-state index >= 15 is 0 Å². The van der Waals surface area contributed by atoms with Gasteiger partial charge in [-0.25, -0.2) is 13.1 Å². The Balaban J connectivity index is 2.37. The lowest BCUT2D eigenvalue weighted by Gasteiger charge is -2.08. The SMILES string of the molecule is O=[N+]([O-])c1cc(Cl)c(Cl)cc1S(=O)(=O)NCc1ccccc1. The molecule has 0 amide bonds. The molecule has 0 unspecified atom stereocenters. The molecule has 2 rings (SSSR count). The molecule has 0 fully saturated rings. The lowest BCUT2D eigenvalue weighted by Crippen LogP contribution is -2.24. The zero-order chi connectivity index (χ0) is 16.3. The van der Waals surface area contributed by atoms with Gasteiger partial charge < -0.3 is 0 Å². The monoisotopic (exact) mass is 360 g/mol. The minimum Gasteiger partial charge on any atom is -0.258 e. The number of nitro benzene ring substituents is 1. The Hall–Kier alpha value is -1.67. The molecule has 6 nitrogen and oxygen atoms in total. The van der Waals surface area contributed by atoms with E-state index in [0.29, 0.717) is 5.56 Å². The summed E-state index contributed by atoms with van der Waals surface area (Å²) in [5, 5.41) is 10.9. The van der Waals surface area contributed by atoms with E-state index < -0.39 is 25.5 Å². The van der Waals surface area contributed by atoms with Crippen molar-refractivity contribution in [1.29, 1.82) is 0 Å². The number of rotatable bonds is 5. The van der Waals surface area contributed by atoms with Crippen molar-refractivity contribution in [2.75, 3.05) is 0 Å². The summed E-state index contributed by atoms with van der Waals surface area (Å²) in [5.74, 6) is 0. The molecule has 0 atom stereocenters. The van der Waals surface area contributed by atoms with Crippen LogP contribution in [0.1, 0.15) is 5.56 Å². The second-order valence-electron chi connectivity index (χ2n) is 4.30. The Kier molecular flexibility index (Phi) is 5.02. The van der Waals surface area contributed by atoms with E-state index in [1.54, 1.807) is 30.3 Å². The molecule has 0 aliphatic heterocycles. The van der Waals surface area contributed by atoms with Crippen molar-refractivity contribution in [3.63, 3.8) is 0 Å². The number of halogens is 2. The summed E-state index contributed by atoms with van der Waals surface area (Å²) < 4.78 is 26.9. The summed E-state index contributed by atoms with van der Waals surface area (Å²) in [5.41, 5.74) is 0.0868. The van der Waals surface area contributed by atoms with Crippen molar-refractivity contribution in [1.82, 2.24) is 4.72 Å². The van der Waals surface area contributed by atoms with Crippen molar-refractivity contribution < 1.29 is 13.3 Å². The molecule has 9 heteroatoms. The number of benzene rings is 2. The van der Waals surface area contributed by atoms with Gasteiger partial charge >= 0.3 is 0 Å². The first-order chi connectivity index (χ1) is 10.3. The number of nitrogens with one attached hydrogen (secondary N) is 1. The molecule has 0 spiro atoms. The van der Waals surface area contributed by atoms with Crippen LogP contribution in [0, 0.1) is 10.1 Å². The third kappa shape index (κ3) is 3.75. The van der Waals surface area contributed by atoms with Gasteiger partial charge in [0, 0.05) is 12.6 Å². The van der Waals surface area contributed by atoms with E-state index in [0.717, 1.165) is 12.1 Å². The van der Waals surface area contributed by atoms with Crippen molar-refractivity contribution in [2.45, 2.75) is 11.4 Å². The topological polar surface area (TPSA) is 89.3 Å². The summed E-state index contributed by atoms with van der Waals surface area (Å²) in [6.07, 6.45) is 0. The quantitative estimate of drug-likeness (QED) is 0.653. The molecule has 0 heterocycles. The van der Waals surface area contributed by atoms with Crippen LogP contribution in [0.3, 0.4) is 0 Å². The Labute approximate surface area is 136 Å². The minimum atomic E-state index is -4.11. The zero-order valence-electron chi connectivity index (χ0n) is 11.0. The first kappa shape index (κ1) is 16.7. The summed E-state index contributed by atoms with van der Waals surface area (Å²) in [4.78, 5) is 9.67. The zero-order valence-corrected chi connectivity index (χ0v) is 13.3. The molecule has 0 bridgehead atoms. The Morgan fingerprint density at radius 3 is 2.27 bits per heavy atom. The highest BCUT2D eigenvalue weighted by Gasteiger charge is 2.27. The molecule has 0 aliphatic rings. The molecule has 22 heavy (non-hydrogen) atoms. The van der Waals surface area contributed by atoms with Crippen LogP contribution in [0.25, 0.3) is 0 Å². The van der Waals surface area contributed by atoms with Gasteiger partial charge in [0.25, 0.3) is 5.69 Å². The molecule has 116 valence electrons. The Morgan fingerprint density at radius 1 is 1.09 bits per heavy atom. The van der Waals surface area contributed by atoms with E-state index in [9.17, 15) is 18.5 Å². The van der Waals surface area contributed by atoms with Gasteiger partial charge in [0.2, 0.25) is 10.0 Å². The lowest BCUT2D eigenvalue weighted by molar-refractivity contribution is -0.387. The highest BCUT2D eigenvalue weighted by atomic mass is 35.5. The van der Waals surface area contributed by atoms with Crippen LogP contribution in [0.4, 0.5) is 5.69 Å². The second-order valence-corrected chi connectivity index (χ2v) is 6.85. The van der Waals surface area contributed by atoms with Gasteiger partial charge in [0.05, 0.1) is 15.0 Å². The highest BCUT2D eigenvalue weighted by Crippen LogP contribution is 2.33. The molecule has 0 radical (unpaired) electrons. The molecule has 0 aromatic heterocycles. The van der Waals surface area contributed by atoms with E-state index in [4.69, 9.17) is 23.2 Å². The van der Waals surface area contributed by atoms with Crippen LogP contribution in [0.5, 0.6) is 0 Å². The van der Waals surface area contributed by atoms with Crippen LogP contribution in [-0.2, 0) is 16.6 Å². The van der Waals surface area contributed by atoms with Crippen molar-refractivity contribution in [2.24, 2.45) is 0 Å². The summed E-state index contributed by atoms with van der Waals surface area (Å²) in [6, 6.07) is 10.6. The lowest BCUT2D eigenvalue weighted by atomic mass is 10.2. The molecule has 0 saturated carbocycles. The summed E-state index contributed by atoms with van der Waals surface area (Å²) >= 11 is 11.5. The number of nitrogens with zero attached hydrogens (tertiary/aromatic N) is 1. The fourth-order valence-electron chi connectivity index (χ4n) is 1.73. The molecule has 2 aromatic carbocycles. The average Bonchev–Trinajstić information content (AvgIpc) is 2.48. The van der Waals surface area contributed by atoms with Gasteiger partial charge in [0.15, 0.2) is 4.90 Å². The predicted octanol–water partition coefficient (Wildman–Crippen LogP) is 3.38. The maximum Gasteiger partial charge on any atom is 0.290 e. The van der Waals surface area contributed by atoms with Crippen molar-refractivity contribution >= 4 is 38.9 Å². The van der Waals surface area contributed by atoms with E-state index in [1.165, 1.54) is 0 Å². The Morgan fingerprint density at radius 2 is 1.68 bits per heavy atom. The third-order valence-corrected chi connectivity index (χ3v) is 4.95. The van der Waals surface area contributed by atoms with Gasteiger partial charge in [-0.15, -0.1) is 0 Å². The van der Waals surface area contributed by atoms with Crippen LogP contribution in [-0.4, -0.2) is 13.3 Å². The summed E-state index contributed by atoms with van der Waals surface area (Å²) in [6.45, 7) is 0.000569. The van der Waals surface area contributed by atoms with Gasteiger partial charge in [-0.3, -0.25) is 10.1 Å². The van der Waals surface area contributed by atoms with Crippen LogP contribution in [0.2, 0.25) is 10.0 Å². The number of hydrogen-bond acceptors (Lipinski definition) is 4. The maximum absolute atomic E-state index is 12.3. The van der Waals surface area contributed by atoms with Crippen LogP contribution < -0.4 is 4.72 Å². The number of sulfonamides is 1. The molecule has 0 saturated heterocycles. The molecule has 2 aromatic rings. The first-order valence-electron chi connectivity index (χ1n) is 5.98. The maximum atomic E-state index is 12.3. The fourth-order valence-corrected chi connectivity index (χ4v) is 3.31. The number of nitro groups is 1. The van der Waals surface area contributed by atoms with E-state index in [2.05, 4.69) is 4.72 Å². The standard InChI is InChI=1S/C13H10Cl2N2O4S/c14-10-6-12(17(18)19)13(7-11(10)15)22(20,21)16-8-9-4-2-1-3-5-9/h1-7,16H,8H2. The average molecular weight is 361 g/mol. The smallest absolute Gasteiger partial charge is 0.258 e. The van der Waals surface area contributed by atoms with Gasteiger partial charge in [-0.2, -0.15) is 0 Å². The van der Waals surface area contributed by atoms with Crippen molar-refractivity contribution in [3.05, 3.63) is 68.2 Å². The molecular weight excluding hydrogens is 351 g/mol. The summed E-state index contributed by atoms with van der Waals surface area (Å²) in [7, 11) is -4.11. The molecule has 1 N–H and O–H groups in total. The number of hydrogen-bond donors (Lipinski definition) is 1. The highest BCUT2D eigenvalue weighted by molar-refractivity contribution is 7.89.